The molecule has 23 heavy (non-hydrogen) atoms. The van der Waals surface area contributed by atoms with Crippen molar-refractivity contribution in [2.75, 3.05) is 0 Å². The van der Waals surface area contributed by atoms with Gasteiger partial charge in [-0.2, -0.15) is 5.10 Å². The molecule has 0 aliphatic rings. The van der Waals surface area contributed by atoms with E-state index in [0.717, 1.165) is 33.5 Å². The van der Waals surface area contributed by atoms with Crippen LogP contribution in [0.15, 0.2) is 71.5 Å². The minimum absolute atomic E-state index is 0.131. The Bertz CT molecular complexity index is 1030. The van der Waals surface area contributed by atoms with Gasteiger partial charge in [-0.05, 0) is 30.2 Å². The van der Waals surface area contributed by atoms with Crippen LogP contribution in [0.2, 0.25) is 0 Å². The standard InChI is InChI=1S/C19H15N3O/c1-13-18-16(14-8-4-2-5-9-14)12-17(23)20-19(18)22(21-13)15-10-6-3-7-11-15/h2-12H,1H3,(H,20,23). The number of rotatable bonds is 2. The maximum atomic E-state index is 12.2. The van der Waals surface area contributed by atoms with E-state index in [2.05, 4.69) is 10.1 Å². The average Bonchev–Trinajstić information content (AvgIpc) is 2.92. The molecule has 2 aromatic heterocycles. The molecule has 0 saturated carbocycles. The minimum atomic E-state index is -0.131. The van der Waals surface area contributed by atoms with Crippen LogP contribution in [-0.4, -0.2) is 14.8 Å². The number of para-hydroxylation sites is 1. The number of benzene rings is 2. The van der Waals surface area contributed by atoms with Gasteiger partial charge in [0.1, 0.15) is 5.65 Å². The van der Waals surface area contributed by atoms with E-state index in [0.29, 0.717) is 0 Å². The van der Waals surface area contributed by atoms with Crippen LogP contribution in [0.4, 0.5) is 0 Å². The number of fused-ring (bicyclic) bond motifs is 1. The smallest absolute Gasteiger partial charge is 0.250 e. The van der Waals surface area contributed by atoms with E-state index in [-0.39, 0.29) is 5.56 Å². The van der Waals surface area contributed by atoms with Gasteiger partial charge in [-0.25, -0.2) is 4.68 Å². The summed E-state index contributed by atoms with van der Waals surface area (Å²) < 4.78 is 1.79. The lowest BCUT2D eigenvalue weighted by Crippen LogP contribution is -2.07. The Morgan fingerprint density at radius 1 is 0.957 bits per heavy atom. The van der Waals surface area contributed by atoms with E-state index in [9.17, 15) is 4.79 Å². The number of hydrogen-bond donors (Lipinski definition) is 1. The van der Waals surface area contributed by atoms with Crippen LogP contribution in [-0.2, 0) is 0 Å². The van der Waals surface area contributed by atoms with Crippen LogP contribution in [0.3, 0.4) is 0 Å². The maximum absolute atomic E-state index is 12.2. The molecule has 112 valence electrons. The van der Waals surface area contributed by atoms with Crippen LogP contribution >= 0.6 is 0 Å². The quantitative estimate of drug-likeness (QED) is 0.614. The highest BCUT2D eigenvalue weighted by molar-refractivity contribution is 5.95. The summed E-state index contributed by atoms with van der Waals surface area (Å²) in [7, 11) is 0. The Labute approximate surface area is 133 Å². The third kappa shape index (κ3) is 2.25. The molecule has 1 N–H and O–H groups in total. The summed E-state index contributed by atoms with van der Waals surface area (Å²) in [5.41, 5.74) is 4.32. The summed E-state index contributed by atoms with van der Waals surface area (Å²) >= 11 is 0. The fraction of sp³-hybridized carbons (Fsp3) is 0.0526. The van der Waals surface area contributed by atoms with Gasteiger partial charge in [0, 0.05) is 11.5 Å². The first-order valence-corrected chi connectivity index (χ1v) is 7.47. The molecule has 0 aliphatic carbocycles. The molecule has 2 heterocycles. The molecule has 0 saturated heterocycles. The van der Waals surface area contributed by atoms with Crippen molar-refractivity contribution < 1.29 is 0 Å². The SMILES string of the molecule is Cc1nn(-c2ccccc2)c2[nH]c(=O)cc(-c3ccccc3)c12. The first-order valence-electron chi connectivity index (χ1n) is 7.47. The molecular weight excluding hydrogens is 286 g/mol. The number of aryl methyl sites for hydroxylation is 1. The second kappa shape index (κ2) is 5.25. The van der Waals surface area contributed by atoms with Crippen molar-refractivity contribution in [2.45, 2.75) is 6.92 Å². The molecule has 0 spiro atoms. The Kier molecular flexibility index (Phi) is 3.08. The van der Waals surface area contributed by atoms with Crippen molar-refractivity contribution in [1.29, 1.82) is 0 Å². The Hall–Kier alpha value is -3.14. The van der Waals surface area contributed by atoms with Crippen molar-refractivity contribution in [1.82, 2.24) is 14.8 Å². The van der Waals surface area contributed by atoms with E-state index < -0.39 is 0 Å². The third-order valence-electron chi connectivity index (χ3n) is 3.93. The van der Waals surface area contributed by atoms with Crippen molar-refractivity contribution in [3.63, 3.8) is 0 Å². The summed E-state index contributed by atoms with van der Waals surface area (Å²) in [6.45, 7) is 1.96. The second-order valence-electron chi connectivity index (χ2n) is 5.47. The fourth-order valence-corrected chi connectivity index (χ4v) is 2.92. The number of aromatic nitrogens is 3. The second-order valence-corrected chi connectivity index (χ2v) is 5.47. The molecule has 0 unspecified atom stereocenters. The molecular formula is C19H15N3O. The number of aromatic amines is 1. The van der Waals surface area contributed by atoms with Gasteiger partial charge in [-0.15, -0.1) is 0 Å². The Balaban J connectivity index is 2.08. The molecule has 0 bridgehead atoms. The highest BCUT2D eigenvalue weighted by Gasteiger charge is 2.15. The summed E-state index contributed by atoms with van der Waals surface area (Å²) in [6, 6.07) is 21.4. The lowest BCUT2D eigenvalue weighted by Gasteiger charge is -2.05. The largest absolute Gasteiger partial charge is 0.306 e. The van der Waals surface area contributed by atoms with Crippen LogP contribution in [0, 0.1) is 6.92 Å². The molecule has 4 aromatic rings. The van der Waals surface area contributed by atoms with Crippen molar-refractivity contribution in [3.05, 3.63) is 82.8 Å². The lowest BCUT2D eigenvalue weighted by atomic mass is 10.0. The van der Waals surface area contributed by atoms with Gasteiger partial charge < -0.3 is 4.98 Å². The van der Waals surface area contributed by atoms with Gasteiger partial charge in [0.2, 0.25) is 5.56 Å². The predicted molar refractivity (Wildman–Crippen MR) is 91.9 cm³/mol. The number of nitrogens with one attached hydrogen (secondary N) is 1. The fourth-order valence-electron chi connectivity index (χ4n) is 2.92. The zero-order chi connectivity index (χ0) is 15.8. The highest BCUT2D eigenvalue weighted by atomic mass is 16.1. The summed E-state index contributed by atoms with van der Waals surface area (Å²) in [5, 5.41) is 5.61. The highest BCUT2D eigenvalue weighted by Crippen LogP contribution is 2.29. The maximum Gasteiger partial charge on any atom is 0.250 e. The van der Waals surface area contributed by atoms with E-state index in [1.165, 1.54) is 0 Å². The van der Waals surface area contributed by atoms with Crippen LogP contribution < -0.4 is 5.56 Å². The Morgan fingerprint density at radius 2 is 1.61 bits per heavy atom. The van der Waals surface area contributed by atoms with Gasteiger partial charge >= 0.3 is 0 Å². The number of nitrogens with zero attached hydrogens (tertiary/aromatic N) is 2. The van der Waals surface area contributed by atoms with Crippen LogP contribution in [0.1, 0.15) is 5.69 Å². The summed E-state index contributed by atoms with van der Waals surface area (Å²) in [4.78, 5) is 15.1. The molecule has 2 aromatic carbocycles. The molecule has 0 fully saturated rings. The van der Waals surface area contributed by atoms with E-state index in [1.807, 2.05) is 67.6 Å². The number of hydrogen-bond acceptors (Lipinski definition) is 2. The number of pyridine rings is 1. The number of H-pyrrole nitrogens is 1. The van der Waals surface area contributed by atoms with Crippen molar-refractivity contribution in [2.24, 2.45) is 0 Å². The van der Waals surface area contributed by atoms with Crippen molar-refractivity contribution in [3.8, 4) is 16.8 Å². The van der Waals surface area contributed by atoms with Crippen LogP contribution in [0.5, 0.6) is 0 Å². The molecule has 0 aliphatic heterocycles. The summed E-state index contributed by atoms with van der Waals surface area (Å²) in [5.74, 6) is 0. The van der Waals surface area contributed by atoms with E-state index in [4.69, 9.17) is 0 Å². The molecule has 0 radical (unpaired) electrons. The van der Waals surface area contributed by atoms with Gasteiger partial charge in [0.25, 0.3) is 0 Å². The lowest BCUT2D eigenvalue weighted by molar-refractivity contribution is 0.876. The molecule has 4 heteroatoms. The van der Waals surface area contributed by atoms with E-state index >= 15 is 0 Å². The molecule has 0 atom stereocenters. The predicted octanol–water partition coefficient (Wildman–Crippen LogP) is 3.69. The molecule has 4 rings (SSSR count). The van der Waals surface area contributed by atoms with Crippen LogP contribution in [0.25, 0.3) is 27.8 Å². The first kappa shape index (κ1) is 13.5. The Morgan fingerprint density at radius 3 is 2.30 bits per heavy atom. The van der Waals surface area contributed by atoms with Crippen molar-refractivity contribution >= 4 is 11.0 Å². The zero-order valence-electron chi connectivity index (χ0n) is 12.7. The van der Waals surface area contributed by atoms with Gasteiger partial charge in [0.15, 0.2) is 0 Å². The van der Waals surface area contributed by atoms with Gasteiger partial charge in [0.05, 0.1) is 11.4 Å². The zero-order valence-corrected chi connectivity index (χ0v) is 12.7. The third-order valence-corrected chi connectivity index (χ3v) is 3.93. The molecule has 4 nitrogen and oxygen atoms in total. The van der Waals surface area contributed by atoms with E-state index in [1.54, 1.807) is 10.7 Å². The van der Waals surface area contributed by atoms with Gasteiger partial charge in [-0.3, -0.25) is 4.79 Å². The first-order chi connectivity index (χ1) is 11.2. The van der Waals surface area contributed by atoms with Gasteiger partial charge in [-0.1, -0.05) is 48.5 Å². The normalized spacial score (nSPS) is 11.0. The minimum Gasteiger partial charge on any atom is -0.306 e. The topological polar surface area (TPSA) is 50.7 Å². The monoisotopic (exact) mass is 301 g/mol. The summed E-state index contributed by atoms with van der Waals surface area (Å²) in [6.07, 6.45) is 0. The molecule has 0 amide bonds. The average molecular weight is 301 g/mol.